The molecule has 1 aliphatic rings. The van der Waals surface area contributed by atoms with E-state index >= 15 is 0 Å². The Labute approximate surface area is 186 Å². The maximum absolute atomic E-state index is 13.4. The Bertz CT molecular complexity index is 1040. The number of aromatic nitrogens is 1. The Morgan fingerprint density at radius 3 is 2.75 bits per heavy atom. The first-order chi connectivity index (χ1) is 15.6. The molecule has 2 heterocycles. The molecule has 1 aliphatic heterocycles. The number of benzene rings is 2. The molecule has 0 atom stereocenters. The lowest BCUT2D eigenvalue weighted by Crippen LogP contribution is -2.34. The number of hydrogen-bond acceptors (Lipinski definition) is 7. The summed E-state index contributed by atoms with van der Waals surface area (Å²) in [7, 11) is 0. The maximum Gasteiger partial charge on any atom is 0.189 e. The fraction of sp³-hybridized carbons (Fsp3) is 0.417. The third-order valence-corrected chi connectivity index (χ3v) is 5.93. The van der Waals surface area contributed by atoms with Gasteiger partial charge in [-0.1, -0.05) is 10.3 Å². The van der Waals surface area contributed by atoms with Crippen LogP contribution in [-0.4, -0.2) is 54.0 Å². The molecule has 0 unspecified atom stereocenters. The van der Waals surface area contributed by atoms with Gasteiger partial charge in [-0.25, -0.2) is 4.39 Å². The SMILES string of the molecule is CC(=NO)c1ccc(OCOCCCN2CCC(c3noc4cc(F)ccc34)CC2)cc1. The largest absolute Gasteiger partial charge is 0.468 e. The number of hydrogen-bond donors (Lipinski definition) is 1. The molecule has 32 heavy (non-hydrogen) atoms. The zero-order valence-corrected chi connectivity index (χ0v) is 18.2. The summed E-state index contributed by atoms with van der Waals surface area (Å²) in [5.41, 5.74) is 2.87. The molecule has 1 fully saturated rings. The van der Waals surface area contributed by atoms with Crippen molar-refractivity contribution in [3.05, 3.63) is 59.5 Å². The van der Waals surface area contributed by atoms with Gasteiger partial charge in [0, 0.05) is 23.9 Å². The minimum atomic E-state index is -0.302. The molecule has 7 nitrogen and oxygen atoms in total. The van der Waals surface area contributed by atoms with Gasteiger partial charge < -0.3 is 24.1 Å². The van der Waals surface area contributed by atoms with E-state index in [1.807, 2.05) is 24.3 Å². The topological polar surface area (TPSA) is 80.3 Å². The molecule has 0 bridgehead atoms. The average molecular weight is 442 g/mol. The normalized spacial score (nSPS) is 16.0. The van der Waals surface area contributed by atoms with Crippen molar-refractivity contribution in [3.63, 3.8) is 0 Å². The second-order valence-corrected chi connectivity index (χ2v) is 8.06. The smallest absolute Gasteiger partial charge is 0.189 e. The summed E-state index contributed by atoms with van der Waals surface area (Å²) in [5.74, 6) is 0.759. The van der Waals surface area contributed by atoms with Gasteiger partial charge >= 0.3 is 0 Å². The van der Waals surface area contributed by atoms with Crippen molar-refractivity contribution in [2.45, 2.75) is 32.1 Å². The Kier molecular flexibility index (Phi) is 7.34. The van der Waals surface area contributed by atoms with Crippen LogP contribution in [-0.2, 0) is 4.74 Å². The van der Waals surface area contributed by atoms with Crippen LogP contribution in [0.1, 0.15) is 43.4 Å². The highest BCUT2D eigenvalue weighted by Gasteiger charge is 2.24. The van der Waals surface area contributed by atoms with Gasteiger partial charge in [-0.2, -0.15) is 0 Å². The molecule has 3 aromatic rings. The summed E-state index contributed by atoms with van der Waals surface area (Å²) in [5, 5.41) is 17.1. The summed E-state index contributed by atoms with van der Waals surface area (Å²) in [6.07, 6.45) is 2.96. The molecule has 1 saturated heterocycles. The van der Waals surface area contributed by atoms with E-state index in [0.717, 1.165) is 55.5 Å². The summed E-state index contributed by atoms with van der Waals surface area (Å²) >= 11 is 0. The fourth-order valence-electron chi connectivity index (χ4n) is 4.06. The van der Waals surface area contributed by atoms with Gasteiger partial charge in [-0.05, 0) is 81.2 Å². The standard InChI is InChI=1S/C24H28FN3O4/c1-17(26-29)18-3-6-21(7-4-18)31-16-30-14-2-11-28-12-9-19(10-13-28)24-22-8-5-20(25)15-23(22)32-27-24/h3-8,15,19,29H,2,9-14,16H2,1H3. The maximum atomic E-state index is 13.4. The van der Waals surface area contributed by atoms with Gasteiger partial charge in [0.15, 0.2) is 12.4 Å². The summed E-state index contributed by atoms with van der Waals surface area (Å²) in [4.78, 5) is 2.44. The van der Waals surface area contributed by atoms with E-state index < -0.39 is 0 Å². The van der Waals surface area contributed by atoms with Crippen LogP contribution in [0.4, 0.5) is 4.39 Å². The molecule has 1 N–H and O–H groups in total. The van der Waals surface area contributed by atoms with Crippen LogP contribution in [0.15, 0.2) is 52.1 Å². The van der Waals surface area contributed by atoms with Gasteiger partial charge in [0.25, 0.3) is 0 Å². The minimum absolute atomic E-state index is 0.203. The monoisotopic (exact) mass is 441 g/mol. The molecule has 2 aromatic carbocycles. The number of oxime groups is 1. The van der Waals surface area contributed by atoms with Crippen molar-refractivity contribution in [1.29, 1.82) is 0 Å². The van der Waals surface area contributed by atoms with Crippen molar-refractivity contribution < 1.29 is 23.6 Å². The summed E-state index contributed by atoms with van der Waals surface area (Å²) < 4.78 is 29.9. The van der Waals surface area contributed by atoms with E-state index in [1.165, 1.54) is 12.1 Å². The number of ether oxygens (including phenoxy) is 2. The van der Waals surface area contributed by atoms with Crippen LogP contribution in [0.3, 0.4) is 0 Å². The van der Waals surface area contributed by atoms with Crippen LogP contribution in [0.5, 0.6) is 5.75 Å². The van der Waals surface area contributed by atoms with Crippen LogP contribution >= 0.6 is 0 Å². The van der Waals surface area contributed by atoms with Gasteiger partial charge in [0.2, 0.25) is 0 Å². The van der Waals surface area contributed by atoms with Crippen molar-refractivity contribution >= 4 is 16.7 Å². The lowest BCUT2D eigenvalue weighted by atomic mass is 9.91. The van der Waals surface area contributed by atoms with Crippen molar-refractivity contribution in [2.24, 2.45) is 5.16 Å². The fourth-order valence-corrected chi connectivity index (χ4v) is 4.06. The summed E-state index contributed by atoms with van der Waals surface area (Å²) in [6, 6.07) is 12.0. The van der Waals surface area contributed by atoms with E-state index in [2.05, 4.69) is 15.2 Å². The van der Waals surface area contributed by atoms with E-state index in [9.17, 15) is 4.39 Å². The van der Waals surface area contributed by atoms with Crippen LogP contribution in [0.25, 0.3) is 11.0 Å². The second kappa shape index (κ2) is 10.6. The number of nitrogens with zero attached hydrogens (tertiary/aromatic N) is 3. The number of piperidine rings is 1. The zero-order valence-electron chi connectivity index (χ0n) is 18.2. The predicted octanol–water partition coefficient (Wildman–Crippen LogP) is 4.79. The average Bonchev–Trinajstić information content (AvgIpc) is 3.24. The predicted molar refractivity (Wildman–Crippen MR) is 119 cm³/mol. The Morgan fingerprint density at radius 1 is 1.22 bits per heavy atom. The molecule has 0 saturated carbocycles. The van der Waals surface area contributed by atoms with E-state index in [0.29, 0.717) is 29.6 Å². The van der Waals surface area contributed by atoms with Crippen LogP contribution in [0, 0.1) is 5.82 Å². The lowest BCUT2D eigenvalue weighted by molar-refractivity contribution is 0.0106. The van der Waals surface area contributed by atoms with E-state index in [-0.39, 0.29) is 12.6 Å². The first kappa shape index (κ1) is 22.2. The number of rotatable bonds is 9. The molecule has 170 valence electrons. The molecule has 8 heteroatoms. The molecule has 0 radical (unpaired) electrons. The molecule has 0 amide bonds. The first-order valence-electron chi connectivity index (χ1n) is 10.9. The molecule has 0 spiro atoms. The van der Waals surface area contributed by atoms with Gasteiger partial charge in [0.1, 0.15) is 11.6 Å². The van der Waals surface area contributed by atoms with Gasteiger partial charge in [-0.3, -0.25) is 0 Å². The van der Waals surface area contributed by atoms with Crippen LogP contribution < -0.4 is 4.74 Å². The molecule has 0 aliphatic carbocycles. The second-order valence-electron chi connectivity index (χ2n) is 8.06. The van der Waals surface area contributed by atoms with E-state index in [1.54, 1.807) is 13.0 Å². The Morgan fingerprint density at radius 2 is 2.00 bits per heavy atom. The summed E-state index contributed by atoms with van der Waals surface area (Å²) in [6.45, 7) is 5.55. The first-order valence-corrected chi connectivity index (χ1v) is 10.9. The number of likely N-dealkylation sites (tertiary alicyclic amines) is 1. The highest BCUT2D eigenvalue weighted by Crippen LogP contribution is 2.32. The highest BCUT2D eigenvalue weighted by atomic mass is 19.1. The molecule has 4 rings (SSSR count). The Balaban J connectivity index is 1.12. The van der Waals surface area contributed by atoms with E-state index in [4.69, 9.17) is 19.2 Å². The van der Waals surface area contributed by atoms with Crippen LogP contribution in [0.2, 0.25) is 0 Å². The number of halogens is 1. The molecular weight excluding hydrogens is 413 g/mol. The van der Waals surface area contributed by atoms with Crippen molar-refractivity contribution in [3.8, 4) is 5.75 Å². The Hall–Kier alpha value is -2.97. The highest BCUT2D eigenvalue weighted by molar-refractivity contribution is 5.98. The minimum Gasteiger partial charge on any atom is -0.468 e. The third kappa shape index (κ3) is 5.44. The third-order valence-electron chi connectivity index (χ3n) is 5.93. The van der Waals surface area contributed by atoms with Crippen molar-refractivity contribution in [1.82, 2.24) is 10.1 Å². The van der Waals surface area contributed by atoms with Gasteiger partial charge in [0.05, 0.1) is 18.0 Å². The molecular formula is C24H28FN3O4. The zero-order chi connectivity index (χ0) is 22.3. The quantitative estimate of drug-likeness (QED) is 0.169. The van der Waals surface area contributed by atoms with Crippen molar-refractivity contribution in [2.75, 3.05) is 33.0 Å². The lowest BCUT2D eigenvalue weighted by Gasteiger charge is -2.31. The molecule has 1 aromatic heterocycles. The number of fused-ring (bicyclic) bond motifs is 1. The van der Waals surface area contributed by atoms with Gasteiger partial charge in [-0.15, -0.1) is 0 Å².